The van der Waals surface area contributed by atoms with Crippen molar-refractivity contribution < 1.29 is 19.1 Å². The Morgan fingerprint density at radius 2 is 1.71 bits per heavy atom. The number of nitrogens with one attached hydrogen (secondary N) is 1. The molecule has 0 unspecified atom stereocenters. The molecule has 1 amide bonds. The molecule has 0 radical (unpaired) electrons. The molecule has 1 saturated heterocycles. The number of amides is 1. The number of carbonyl (C=O) groups is 2. The number of benzene rings is 2. The summed E-state index contributed by atoms with van der Waals surface area (Å²) in [6.45, 7) is 2.04. The lowest BCUT2D eigenvalue weighted by atomic mass is 9.94. The van der Waals surface area contributed by atoms with Gasteiger partial charge >= 0.3 is 12.1 Å². The molecule has 5 heteroatoms. The van der Waals surface area contributed by atoms with Crippen molar-refractivity contribution in [3.8, 4) is 0 Å². The molecule has 0 saturated carbocycles. The van der Waals surface area contributed by atoms with Crippen molar-refractivity contribution >= 4 is 12.1 Å². The fourth-order valence-electron chi connectivity index (χ4n) is 2.79. The fourth-order valence-corrected chi connectivity index (χ4v) is 2.79. The molecule has 0 spiro atoms. The molecule has 2 aromatic carbocycles. The SMILES string of the molecule is C[C@H]1[C@H](NC(=O)OCc2ccccc2)C(=O)O[C@H]1c1ccccc1. The zero-order valence-electron chi connectivity index (χ0n) is 13.3. The van der Waals surface area contributed by atoms with Crippen LogP contribution in [-0.2, 0) is 20.9 Å². The van der Waals surface area contributed by atoms with Gasteiger partial charge in [-0.15, -0.1) is 0 Å². The van der Waals surface area contributed by atoms with Crippen LogP contribution in [0.25, 0.3) is 0 Å². The molecule has 24 heavy (non-hydrogen) atoms. The summed E-state index contributed by atoms with van der Waals surface area (Å²) in [7, 11) is 0. The first-order valence-electron chi connectivity index (χ1n) is 7.88. The predicted molar refractivity (Wildman–Crippen MR) is 88.0 cm³/mol. The highest BCUT2D eigenvalue weighted by atomic mass is 16.6. The van der Waals surface area contributed by atoms with Crippen molar-refractivity contribution in [2.45, 2.75) is 25.7 Å². The van der Waals surface area contributed by atoms with E-state index in [9.17, 15) is 9.59 Å². The standard InChI is InChI=1S/C19H19NO4/c1-13-16(18(21)24-17(13)15-10-6-3-7-11-15)20-19(22)23-12-14-8-4-2-5-9-14/h2-11,13,16-17H,12H2,1H3,(H,20,22)/t13-,16-,17+/m0/s1. The van der Waals surface area contributed by atoms with Crippen LogP contribution in [0.5, 0.6) is 0 Å². The Hall–Kier alpha value is -2.82. The number of esters is 1. The Balaban J connectivity index is 1.58. The lowest BCUT2D eigenvalue weighted by Gasteiger charge is -2.17. The molecule has 3 rings (SSSR count). The number of carbonyl (C=O) groups excluding carboxylic acids is 2. The van der Waals surface area contributed by atoms with Crippen LogP contribution in [0.1, 0.15) is 24.2 Å². The number of rotatable bonds is 4. The van der Waals surface area contributed by atoms with Gasteiger partial charge in [-0.05, 0) is 11.1 Å². The van der Waals surface area contributed by atoms with E-state index in [-0.39, 0.29) is 18.6 Å². The van der Waals surface area contributed by atoms with Crippen molar-refractivity contribution in [3.63, 3.8) is 0 Å². The maximum absolute atomic E-state index is 12.1. The molecule has 1 aliphatic heterocycles. The van der Waals surface area contributed by atoms with Crippen LogP contribution < -0.4 is 5.32 Å². The summed E-state index contributed by atoms with van der Waals surface area (Å²) >= 11 is 0. The third kappa shape index (κ3) is 3.56. The maximum Gasteiger partial charge on any atom is 0.408 e. The third-order valence-corrected chi connectivity index (χ3v) is 4.11. The molecule has 124 valence electrons. The third-order valence-electron chi connectivity index (χ3n) is 4.11. The van der Waals surface area contributed by atoms with E-state index in [0.717, 1.165) is 11.1 Å². The second-order valence-electron chi connectivity index (χ2n) is 5.81. The summed E-state index contributed by atoms with van der Waals surface area (Å²) in [5, 5.41) is 2.61. The minimum atomic E-state index is -0.710. The number of ether oxygens (including phenoxy) is 2. The average Bonchev–Trinajstić information content (AvgIpc) is 2.90. The van der Waals surface area contributed by atoms with Crippen LogP contribution in [0.4, 0.5) is 4.79 Å². The number of hydrogen-bond acceptors (Lipinski definition) is 4. The van der Waals surface area contributed by atoms with Gasteiger partial charge in [-0.3, -0.25) is 0 Å². The van der Waals surface area contributed by atoms with Gasteiger partial charge in [0.15, 0.2) is 0 Å². The first-order chi connectivity index (χ1) is 11.6. The van der Waals surface area contributed by atoms with Crippen molar-refractivity contribution in [1.29, 1.82) is 0 Å². The lowest BCUT2D eigenvalue weighted by molar-refractivity contribution is -0.143. The number of cyclic esters (lactones) is 1. The average molecular weight is 325 g/mol. The van der Waals surface area contributed by atoms with E-state index in [1.54, 1.807) is 0 Å². The maximum atomic E-state index is 12.1. The molecular weight excluding hydrogens is 306 g/mol. The monoisotopic (exact) mass is 325 g/mol. The van der Waals surface area contributed by atoms with Gasteiger partial charge in [-0.1, -0.05) is 67.6 Å². The molecular formula is C19H19NO4. The van der Waals surface area contributed by atoms with E-state index < -0.39 is 18.1 Å². The van der Waals surface area contributed by atoms with Gasteiger partial charge in [-0.25, -0.2) is 9.59 Å². The first-order valence-corrected chi connectivity index (χ1v) is 7.88. The van der Waals surface area contributed by atoms with Crippen molar-refractivity contribution in [3.05, 3.63) is 71.8 Å². The summed E-state index contributed by atoms with van der Waals surface area (Å²) in [5.74, 6) is -0.614. The predicted octanol–water partition coefficient (Wildman–Crippen LogP) is 3.22. The second-order valence-corrected chi connectivity index (χ2v) is 5.81. The summed E-state index contributed by atoms with van der Waals surface area (Å²) < 4.78 is 10.6. The highest BCUT2D eigenvalue weighted by Crippen LogP contribution is 2.35. The molecule has 5 nitrogen and oxygen atoms in total. The summed E-state index contributed by atoms with van der Waals surface area (Å²) in [5.41, 5.74) is 1.80. The van der Waals surface area contributed by atoms with Crippen molar-refractivity contribution in [2.75, 3.05) is 0 Å². The van der Waals surface area contributed by atoms with E-state index >= 15 is 0 Å². The highest BCUT2D eigenvalue weighted by molar-refractivity contribution is 5.83. The molecule has 0 bridgehead atoms. The van der Waals surface area contributed by atoms with Gasteiger partial charge in [0.05, 0.1) is 0 Å². The second kappa shape index (κ2) is 7.17. The van der Waals surface area contributed by atoms with E-state index in [4.69, 9.17) is 9.47 Å². The largest absolute Gasteiger partial charge is 0.456 e. The lowest BCUT2D eigenvalue weighted by Crippen LogP contribution is -2.41. The molecule has 1 fully saturated rings. The van der Waals surface area contributed by atoms with Crippen LogP contribution in [-0.4, -0.2) is 18.1 Å². The Kier molecular flexibility index (Phi) is 4.79. The van der Waals surface area contributed by atoms with E-state index in [2.05, 4.69) is 5.32 Å². The smallest absolute Gasteiger partial charge is 0.408 e. The van der Waals surface area contributed by atoms with E-state index in [1.165, 1.54) is 0 Å². The van der Waals surface area contributed by atoms with Crippen LogP contribution in [0.15, 0.2) is 60.7 Å². The van der Waals surface area contributed by atoms with E-state index in [1.807, 2.05) is 67.6 Å². The Bertz CT molecular complexity index is 702. The normalized spacial score (nSPS) is 22.7. The number of alkyl carbamates (subject to hydrolysis) is 1. The Morgan fingerprint density at radius 3 is 2.38 bits per heavy atom. The van der Waals surface area contributed by atoms with Gasteiger partial charge in [0.1, 0.15) is 18.8 Å². The minimum Gasteiger partial charge on any atom is -0.456 e. The highest BCUT2D eigenvalue weighted by Gasteiger charge is 2.43. The molecule has 1 heterocycles. The molecule has 1 aliphatic rings. The quantitative estimate of drug-likeness (QED) is 0.877. The van der Waals surface area contributed by atoms with Crippen LogP contribution in [0.3, 0.4) is 0 Å². The zero-order chi connectivity index (χ0) is 16.9. The fraction of sp³-hybridized carbons (Fsp3) is 0.263. The summed E-state index contributed by atoms with van der Waals surface area (Å²) in [6.07, 6.45) is -0.987. The molecule has 0 aromatic heterocycles. The van der Waals surface area contributed by atoms with Gasteiger partial charge in [0, 0.05) is 5.92 Å². The van der Waals surface area contributed by atoms with Gasteiger partial charge in [0.25, 0.3) is 0 Å². The van der Waals surface area contributed by atoms with Crippen molar-refractivity contribution in [2.24, 2.45) is 5.92 Å². The molecule has 0 aliphatic carbocycles. The van der Waals surface area contributed by atoms with Crippen LogP contribution in [0.2, 0.25) is 0 Å². The van der Waals surface area contributed by atoms with Gasteiger partial charge in [-0.2, -0.15) is 0 Å². The van der Waals surface area contributed by atoms with E-state index in [0.29, 0.717) is 0 Å². The van der Waals surface area contributed by atoms with Crippen LogP contribution in [0, 0.1) is 5.92 Å². The summed E-state index contributed by atoms with van der Waals surface area (Å²) in [4.78, 5) is 24.1. The Morgan fingerprint density at radius 1 is 1.08 bits per heavy atom. The van der Waals surface area contributed by atoms with Gasteiger partial charge < -0.3 is 14.8 Å². The van der Waals surface area contributed by atoms with Gasteiger partial charge in [0.2, 0.25) is 0 Å². The molecule has 3 atom stereocenters. The van der Waals surface area contributed by atoms with Crippen LogP contribution >= 0.6 is 0 Å². The topological polar surface area (TPSA) is 64.6 Å². The molecule has 2 aromatic rings. The first kappa shape index (κ1) is 16.1. The minimum absolute atomic E-state index is 0.158. The molecule has 1 N–H and O–H groups in total. The zero-order valence-corrected chi connectivity index (χ0v) is 13.3. The Labute approximate surface area is 140 Å². The number of hydrogen-bond donors (Lipinski definition) is 1. The summed E-state index contributed by atoms with van der Waals surface area (Å²) in [6, 6.07) is 18.2. The van der Waals surface area contributed by atoms with Crippen molar-refractivity contribution in [1.82, 2.24) is 5.32 Å².